The van der Waals surface area contributed by atoms with Crippen LogP contribution in [0.3, 0.4) is 0 Å². The Labute approximate surface area is 105 Å². The number of fused-ring (bicyclic) bond motifs is 1. The summed E-state index contributed by atoms with van der Waals surface area (Å²) < 4.78 is 5.60. The van der Waals surface area contributed by atoms with Gasteiger partial charge < -0.3 is 15.1 Å². The smallest absolute Gasteiger partial charge is 0.289 e. The minimum absolute atomic E-state index is 0.0425. The third kappa shape index (κ3) is 1.99. The van der Waals surface area contributed by atoms with Crippen LogP contribution in [0.2, 0.25) is 0 Å². The molecule has 3 rings (SSSR count). The largest absolute Gasteiger partial charge is 0.451 e. The Bertz CT molecular complexity index is 539. The molecule has 1 fully saturated rings. The van der Waals surface area contributed by atoms with Crippen LogP contribution in [-0.4, -0.2) is 29.9 Å². The number of hydrogen-bond acceptors (Lipinski definition) is 3. The molecule has 2 aromatic rings. The number of benzene rings is 1. The topological polar surface area (TPSA) is 59.5 Å². The number of carbonyl (C=O) groups excluding carboxylic acids is 1. The van der Waals surface area contributed by atoms with Gasteiger partial charge in [-0.25, -0.2) is 0 Å². The third-order valence-electron chi connectivity index (χ3n) is 3.25. The van der Waals surface area contributed by atoms with E-state index in [1.165, 1.54) is 0 Å². The first-order chi connectivity index (χ1) is 8.79. The first-order valence-corrected chi connectivity index (χ1v) is 6.29. The molecular formula is C14H16N2O2. The molecule has 1 amide bonds. The fourth-order valence-corrected chi connectivity index (χ4v) is 2.20. The van der Waals surface area contributed by atoms with E-state index in [2.05, 4.69) is 0 Å². The van der Waals surface area contributed by atoms with Crippen molar-refractivity contribution in [3.63, 3.8) is 0 Å². The maximum absolute atomic E-state index is 12.4. The van der Waals surface area contributed by atoms with Crippen LogP contribution >= 0.6 is 0 Å². The van der Waals surface area contributed by atoms with Crippen LogP contribution in [0.25, 0.3) is 11.0 Å². The summed E-state index contributed by atoms with van der Waals surface area (Å²) in [5.74, 6) is 0.371. The number of carbonyl (C=O) groups is 1. The zero-order valence-electron chi connectivity index (χ0n) is 10.1. The summed E-state index contributed by atoms with van der Waals surface area (Å²) in [7, 11) is 0. The second-order valence-corrected chi connectivity index (χ2v) is 4.67. The molecule has 1 heterocycles. The van der Waals surface area contributed by atoms with E-state index in [1.54, 1.807) is 0 Å². The van der Waals surface area contributed by atoms with Crippen molar-refractivity contribution in [3.05, 3.63) is 36.1 Å². The predicted octanol–water partition coefficient (Wildman–Crippen LogP) is 2.00. The number of para-hydroxylation sites is 1. The number of amides is 1. The lowest BCUT2D eigenvalue weighted by molar-refractivity contribution is 0.0718. The Balaban J connectivity index is 1.90. The highest BCUT2D eigenvalue weighted by atomic mass is 16.3. The van der Waals surface area contributed by atoms with Gasteiger partial charge in [0.25, 0.3) is 5.91 Å². The minimum atomic E-state index is -0.0425. The van der Waals surface area contributed by atoms with E-state index in [0.717, 1.165) is 23.8 Å². The number of nitrogens with zero attached hydrogens (tertiary/aromatic N) is 1. The molecule has 1 saturated carbocycles. The zero-order valence-corrected chi connectivity index (χ0v) is 10.1. The van der Waals surface area contributed by atoms with Gasteiger partial charge in [-0.1, -0.05) is 18.2 Å². The van der Waals surface area contributed by atoms with Crippen LogP contribution in [0.4, 0.5) is 0 Å². The average molecular weight is 244 g/mol. The van der Waals surface area contributed by atoms with Gasteiger partial charge in [0.1, 0.15) is 5.58 Å². The summed E-state index contributed by atoms with van der Waals surface area (Å²) in [5, 5.41) is 0.962. The first-order valence-electron chi connectivity index (χ1n) is 6.29. The second-order valence-electron chi connectivity index (χ2n) is 4.67. The lowest BCUT2D eigenvalue weighted by Crippen LogP contribution is -2.36. The van der Waals surface area contributed by atoms with Crippen LogP contribution in [0.5, 0.6) is 0 Å². The van der Waals surface area contributed by atoms with Crippen molar-refractivity contribution in [2.75, 3.05) is 13.1 Å². The molecule has 1 aliphatic carbocycles. The van der Waals surface area contributed by atoms with Gasteiger partial charge in [-0.15, -0.1) is 0 Å². The molecule has 0 bridgehead atoms. The molecule has 4 nitrogen and oxygen atoms in total. The van der Waals surface area contributed by atoms with Gasteiger partial charge in [-0.2, -0.15) is 0 Å². The van der Waals surface area contributed by atoms with Gasteiger partial charge in [0.2, 0.25) is 0 Å². The van der Waals surface area contributed by atoms with Gasteiger partial charge in [0, 0.05) is 24.5 Å². The average Bonchev–Trinajstić information content (AvgIpc) is 3.13. The summed E-state index contributed by atoms with van der Waals surface area (Å²) in [6, 6.07) is 9.82. The normalized spacial score (nSPS) is 14.9. The van der Waals surface area contributed by atoms with Crippen LogP contribution in [0, 0.1) is 0 Å². The molecule has 0 saturated heterocycles. The lowest BCUT2D eigenvalue weighted by atomic mass is 10.2. The summed E-state index contributed by atoms with van der Waals surface area (Å²) in [6.45, 7) is 1.09. The third-order valence-corrected chi connectivity index (χ3v) is 3.25. The number of hydrogen-bond donors (Lipinski definition) is 1. The lowest BCUT2D eigenvalue weighted by Gasteiger charge is -2.19. The number of furan rings is 1. The molecule has 1 aromatic carbocycles. The Kier molecular flexibility index (Phi) is 2.80. The van der Waals surface area contributed by atoms with Crippen LogP contribution < -0.4 is 5.73 Å². The molecule has 0 atom stereocenters. The fourth-order valence-electron chi connectivity index (χ4n) is 2.20. The van der Waals surface area contributed by atoms with Crippen LogP contribution in [-0.2, 0) is 0 Å². The Morgan fingerprint density at radius 3 is 2.83 bits per heavy atom. The molecule has 2 N–H and O–H groups in total. The van der Waals surface area contributed by atoms with E-state index in [-0.39, 0.29) is 5.91 Å². The van der Waals surface area contributed by atoms with Gasteiger partial charge >= 0.3 is 0 Å². The Morgan fingerprint density at radius 1 is 1.39 bits per heavy atom. The molecule has 0 radical (unpaired) electrons. The number of nitrogens with two attached hydrogens (primary N) is 1. The van der Waals surface area contributed by atoms with E-state index in [9.17, 15) is 4.79 Å². The second kappa shape index (κ2) is 4.46. The summed E-state index contributed by atoms with van der Waals surface area (Å²) in [6.07, 6.45) is 2.15. The monoisotopic (exact) mass is 244 g/mol. The van der Waals surface area contributed by atoms with Gasteiger partial charge in [0.15, 0.2) is 5.76 Å². The van der Waals surface area contributed by atoms with Crippen molar-refractivity contribution < 1.29 is 9.21 Å². The molecule has 94 valence electrons. The highest BCUT2D eigenvalue weighted by Gasteiger charge is 2.33. The minimum Gasteiger partial charge on any atom is -0.451 e. The maximum atomic E-state index is 12.4. The van der Waals surface area contributed by atoms with Crippen molar-refractivity contribution >= 4 is 16.9 Å². The van der Waals surface area contributed by atoms with Gasteiger partial charge in [0.05, 0.1) is 0 Å². The summed E-state index contributed by atoms with van der Waals surface area (Å²) in [5.41, 5.74) is 6.32. The number of rotatable bonds is 4. The van der Waals surface area contributed by atoms with Crippen molar-refractivity contribution in [2.24, 2.45) is 5.73 Å². The molecule has 1 aliphatic rings. The molecule has 0 spiro atoms. The molecule has 1 aromatic heterocycles. The quantitative estimate of drug-likeness (QED) is 0.894. The first kappa shape index (κ1) is 11.3. The van der Waals surface area contributed by atoms with Gasteiger partial charge in [-0.3, -0.25) is 4.79 Å². The molecular weight excluding hydrogens is 228 g/mol. The van der Waals surface area contributed by atoms with E-state index in [4.69, 9.17) is 10.2 Å². The highest BCUT2D eigenvalue weighted by molar-refractivity contribution is 5.96. The van der Waals surface area contributed by atoms with E-state index < -0.39 is 0 Å². The molecule has 4 heteroatoms. The zero-order chi connectivity index (χ0) is 12.5. The van der Waals surface area contributed by atoms with E-state index >= 15 is 0 Å². The van der Waals surface area contributed by atoms with Crippen molar-refractivity contribution in [3.8, 4) is 0 Å². The van der Waals surface area contributed by atoms with Crippen molar-refractivity contribution in [2.45, 2.75) is 18.9 Å². The van der Waals surface area contributed by atoms with E-state index in [1.807, 2.05) is 35.2 Å². The Morgan fingerprint density at radius 2 is 2.17 bits per heavy atom. The van der Waals surface area contributed by atoms with Crippen LogP contribution in [0.1, 0.15) is 23.4 Å². The van der Waals surface area contributed by atoms with Crippen LogP contribution in [0.15, 0.2) is 34.7 Å². The highest BCUT2D eigenvalue weighted by Crippen LogP contribution is 2.29. The predicted molar refractivity (Wildman–Crippen MR) is 69.3 cm³/mol. The standard InChI is InChI=1S/C14H16N2O2/c15-7-8-16(11-5-6-11)14(17)13-9-10-3-1-2-4-12(10)18-13/h1-4,9,11H,5-8,15H2. The maximum Gasteiger partial charge on any atom is 0.289 e. The summed E-state index contributed by atoms with van der Waals surface area (Å²) in [4.78, 5) is 14.2. The fraction of sp³-hybridized carbons (Fsp3) is 0.357. The van der Waals surface area contributed by atoms with Crippen molar-refractivity contribution in [1.82, 2.24) is 4.90 Å². The molecule has 0 aliphatic heterocycles. The molecule has 18 heavy (non-hydrogen) atoms. The van der Waals surface area contributed by atoms with Crippen molar-refractivity contribution in [1.29, 1.82) is 0 Å². The van der Waals surface area contributed by atoms with E-state index in [0.29, 0.717) is 24.9 Å². The van der Waals surface area contributed by atoms with Gasteiger partial charge in [-0.05, 0) is 25.0 Å². The summed E-state index contributed by atoms with van der Waals surface area (Å²) >= 11 is 0. The SMILES string of the molecule is NCCN(C(=O)c1cc2ccccc2o1)C1CC1. The molecule has 0 unspecified atom stereocenters. The Hall–Kier alpha value is -1.81.